The molecule has 0 radical (unpaired) electrons. The Bertz CT molecular complexity index is 526. The smallest absolute Gasteiger partial charge is 0.138 e. The van der Waals surface area contributed by atoms with Gasteiger partial charge < -0.3 is 9.64 Å². The van der Waals surface area contributed by atoms with Gasteiger partial charge in [0.25, 0.3) is 0 Å². The van der Waals surface area contributed by atoms with Crippen LogP contribution in [0.2, 0.25) is 0 Å². The van der Waals surface area contributed by atoms with Gasteiger partial charge in [-0.2, -0.15) is 0 Å². The summed E-state index contributed by atoms with van der Waals surface area (Å²) in [5.41, 5.74) is 4.45. The molecule has 2 aliphatic rings. The number of halogens is 1. The van der Waals surface area contributed by atoms with E-state index < -0.39 is 0 Å². The van der Waals surface area contributed by atoms with E-state index in [0.717, 1.165) is 22.1 Å². The number of nitrogens with zero attached hydrogens (tertiary/aromatic N) is 1. The molecule has 3 unspecified atom stereocenters. The Balaban J connectivity index is 2.23. The fourth-order valence-electron chi connectivity index (χ4n) is 4.54. The predicted molar refractivity (Wildman–Crippen MR) is 86.6 cm³/mol. The van der Waals surface area contributed by atoms with Crippen LogP contribution in [0, 0.1) is 12.8 Å². The average Bonchev–Trinajstić information content (AvgIpc) is 2.74. The van der Waals surface area contributed by atoms with E-state index in [4.69, 9.17) is 4.74 Å². The van der Waals surface area contributed by atoms with Crippen molar-refractivity contribution in [1.29, 1.82) is 0 Å². The number of aryl methyl sites for hydroxylation is 1. The highest BCUT2D eigenvalue weighted by molar-refractivity contribution is 9.10. The molecule has 3 rings (SSSR count). The normalized spacial score (nSPS) is 28.4. The van der Waals surface area contributed by atoms with Gasteiger partial charge in [-0.15, -0.1) is 0 Å². The molecule has 0 heterocycles. The first-order valence-electron chi connectivity index (χ1n) is 7.59. The zero-order valence-corrected chi connectivity index (χ0v) is 14.5. The third kappa shape index (κ3) is 2.01. The zero-order chi connectivity index (χ0) is 14.4. The SMILES string of the molecule is COc1c(Br)cc(C)c2c1C(N(C)C)C1CCCCC21. The molecule has 0 spiro atoms. The molecule has 20 heavy (non-hydrogen) atoms. The molecule has 1 aromatic rings. The molecule has 1 saturated carbocycles. The van der Waals surface area contributed by atoms with Gasteiger partial charge in [-0.25, -0.2) is 0 Å². The van der Waals surface area contributed by atoms with Gasteiger partial charge in [-0.05, 0) is 78.8 Å². The molecule has 1 aromatic carbocycles. The molecule has 3 atom stereocenters. The van der Waals surface area contributed by atoms with E-state index in [1.807, 2.05) is 0 Å². The molecule has 0 aliphatic heterocycles. The molecule has 1 fully saturated rings. The molecular weight excluding hydrogens is 314 g/mol. The minimum Gasteiger partial charge on any atom is -0.495 e. The number of hydrogen-bond donors (Lipinski definition) is 0. The Morgan fingerprint density at radius 3 is 2.55 bits per heavy atom. The van der Waals surface area contributed by atoms with Crippen molar-refractivity contribution in [2.45, 2.75) is 44.6 Å². The van der Waals surface area contributed by atoms with Gasteiger partial charge >= 0.3 is 0 Å². The average molecular weight is 338 g/mol. The zero-order valence-electron chi connectivity index (χ0n) is 12.9. The topological polar surface area (TPSA) is 12.5 Å². The van der Waals surface area contributed by atoms with Crippen molar-refractivity contribution >= 4 is 15.9 Å². The minimum atomic E-state index is 0.501. The van der Waals surface area contributed by atoms with E-state index in [1.165, 1.54) is 36.8 Å². The lowest BCUT2D eigenvalue weighted by Gasteiger charge is -2.33. The van der Waals surface area contributed by atoms with Crippen LogP contribution >= 0.6 is 15.9 Å². The van der Waals surface area contributed by atoms with Crippen LogP contribution in [0.15, 0.2) is 10.5 Å². The highest BCUT2D eigenvalue weighted by Gasteiger charge is 2.45. The van der Waals surface area contributed by atoms with Gasteiger partial charge in [0, 0.05) is 11.6 Å². The van der Waals surface area contributed by atoms with Crippen molar-refractivity contribution in [2.24, 2.45) is 5.92 Å². The lowest BCUT2D eigenvalue weighted by Crippen LogP contribution is -2.27. The summed E-state index contributed by atoms with van der Waals surface area (Å²) in [4.78, 5) is 2.39. The Morgan fingerprint density at radius 2 is 1.90 bits per heavy atom. The van der Waals surface area contributed by atoms with Gasteiger partial charge in [0.05, 0.1) is 11.6 Å². The Morgan fingerprint density at radius 1 is 1.20 bits per heavy atom. The fraction of sp³-hybridized carbons (Fsp3) is 0.647. The van der Waals surface area contributed by atoms with Crippen LogP contribution < -0.4 is 4.74 Å². The van der Waals surface area contributed by atoms with Crippen molar-refractivity contribution < 1.29 is 4.74 Å². The second-order valence-corrected chi connectivity index (χ2v) is 7.35. The number of benzene rings is 1. The summed E-state index contributed by atoms with van der Waals surface area (Å²) in [7, 11) is 6.21. The lowest BCUT2D eigenvalue weighted by atomic mass is 9.77. The maximum atomic E-state index is 5.76. The largest absolute Gasteiger partial charge is 0.495 e. The van der Waals surface area contributed by atoms with Crippen LogP contribution in [0.4, 0.5) is 0 Å². The fourth-order valence-corrected chi connectivity index (χ4v) is 5.26. The van der Waals surface area contributed by atoms with Gasteiger partial charge in [-0.1, -0.05) is 12.8 Å². The van der Waals surface area contributed by atoms with Crippen LogP contribution in [-0.2, 0) is 0 Å². The number of ether oxygens (including phenoxy) is 1. The summed E-state index contributed by atoms with van der Waals surface area (Å²) in [6, 6.07) is 2.74. The quantitative estimate of drug-likeness (QED) is 0.778. The number of methoxy groups -OCH3 is 1. The predicted octanol–water partition coefficient (Wildman–Crippen LogP) is 4.66. The highest BCUT2D eigenvalue weighted by atomic mass is 79.9. The monoisotopic (exact) mass is 337 g/mol. The van der Waals surface area contributed by atoms with E-state index in [9.17, 15) is 0 Å². The molecule has 0 saturated heterocycles. The van der Waals surface area contributed by atoms with Crippen molar-refractivity contribution in [3.63, 3.8) is 0 Å². The van der Waals surface area contributed by atoms with E-state index in [-0.39, 0.29) is 0 Å². The minimum absolute atomic E-state index is 0.501. The van der Waals surface area contributed by atoms with Crippen molar-refractivity contribution in [1.82, 2.24) is 4.90 Å². The third-order valence-corrected chi connectivity index (χ3v) is 5.76. The first kappa shape index (κ1) is 14.4. The molecule has 0 amide bonds. The first-order chi connectivity index (χ1) is 9.56. The molecule has 2 nitrogen and oxygen atoms in total. The lowest BCUT2D eigenvalue weighted by molar-refractivity contribution is 0.172. The Labute approximate surface area is 130 Å². The molecule has 2 aliphatic carbocycles. The molecule has 3 heteroatoms. The van der Waals surface area contributed by atoms with E-state index in [0.29, 0.717) is 6.04 Å². The Hall–Kier alpha value is -0.540. The number of rotatable bonds is 2. The van der Waals surface area contributed by atoms with Crippen LogP contribution in [0.3, 0.4) is 0 Å². The van der Waals surface area contributed by atoms with Gasteiger partial charge in [0.1, 0.15) is 5.75 Å². The maximum Gasteiger partial charge on any atom is 0.138 e. The summed E-state index contributed by atoms with van der Waals surface area (Å²) in [5.74, 6) is 2.54. The van der Waals surface area contributed by atoms with Gasteiger partial charge in [0.15, 0.2) is 0 Å². The Kier molecular flexibility index (Phi) is 3.85. The summed E-state index contributed by atoms with van der Waals surface area (Å²) in [5, 5.41) is 0. The first-order valence-corrected chi connectivity index (χ1v) is 8.38. The standard InChI is InChI=1S/C17H24BrNO/c1-10-9-13(18)17(20-4)15-14(10)11-7-5-6-8-12(11)16(15)19(2)3/h9,11-12,16H,5-8H2,1-4H3. The summed E-state index contributed by atoms with van der Waals surface area (Å²) in [6.45, 7) is 2.26. The van der Waals surface area contributed by atoms with Crippen molar-refractivity contribution in [2.75, 3.05) is 21.2 Å². The van der Waals surface area contributed by atoms with Crippen LogP contribution in [0.5, 0.6) is 5.75 Å². The number of fused-ring (bicyclic) bond motifs is 3. The van der Waals surface area contributed by atoms with Crippen molar-refractivity contribution in [3.05, 3.63) is 27.2 Å². The maximum absolute atomic E-state index is 5.76. The second kappa shape index (κ2) is 5.34. The van der Waals surface area contributed by atoms with E-state index in [1.54, 1.807) is 12.7 Å². The summed E-state index contributed by atoms with van der Waals surface area (Å²) in [6.07, 6.45) is 5.44. The highest BCUT2D eigenvalue weighted by Crippen LogP contribution is 2.58. The molecule has 0 N–H and O–H groups in total. The molecule has 0 bridgehead atoms. The molecule has 0 aromatic heterocycles. The van der Waals surface area contributed by atoms with Crippen LogP contribution in [-0.4, -0.2) is 26.1 Å². The van der Waals surface area contributed by atoms with Gasteiger partial charge in [-0.3, -0.25) is 0 Å². The summed E-state index contributed by atoms with van der Waals surface area (Å²) < 4.78 is 6.85. The van der Waals surface area contributed by atoms with E-state index in [2.05, 4.69) is 47.9 Å². The molecule has 110 valence electrons. The third-order valence-electron chi connectivity index (χ3n) is 5.17. The second-order valence-electron chi connectivity index (χ2n) is 6.50. The van der Waals surface area contributed by atoms with Crippen LogP contribution in [0.1, 0.15) is 54.3 Å². The number of hydrogen-bond acceptors (Lipinski definition) is 2. The summed E-state index contributed by atoms with van der Waals surface area (Å²) >= 11 is 3.69. The van der Waals surface area contributed by atoms with Gasteiger partial charge in [0.2, 0.25) is 0 Å². The molecular formula is C17H24BrNO. The van der Waals surface area contributed by atoms with Crippen molar-refractivity contribution in [3.8, 4) is 5.75 Å². The van der Waals surface area contributed by atoms with E-state index >= 15 is 0 Å². The van der Waals surface area contributed by atoms with Crippen LogP contribution in [0.25, 0.3) is 0 Å².